The zero-order valence-corrected chi connectivity index (χ0v) is 17.3. The van der Waals surface area contributed by atoms with Crippen molar-refractivity contribution in [2.24, 2.45) is 7.05 Å². The Morgan fingerprint density at radius 2 is 1.96 bits per heavy atom. The molecule has 2 heterocycles. The fourth-order valence-electron chi connectivity index (χ4n) is 3.26. The van der Waals surface area contributed by atoms with Gasteiger partial charge in [0.1, 0.15) is 4.83 Å². The highest BCUT2D eigenvalue weighted by Gasteiger charge is 2.26. The van der Waals surface area contributed by atoms with Crippen molar-refractivity contribution in [3.05, 3.63) is 50.6 Å². The Hall–Kier alpha value is -1.78. The number of rotatable bonds is 5. The van der Waals surface area contributed by atoms with Crippen LogP contribution in [0.15, 0.2) is 39.1 Å². The lowest BCUT2D eigenvalue weighted by Gasteiger charge is -2.08. The average molecular weight is 443 g/mol. The van der Waals surface area contributed by atoms with Crippen molar-refractivity contribution in [1.82, 2.24) is 9.55 Å². The lowest BCUT2D eigenvalue weighted by atomic mass is 10.2. The molecule has 0 amide bonds. The van der Waals surface area contributed by atoms with Gasteiger partial charge in [-0.15, -0.1) is 11.3 Å². The predicted octanol–water partition coefficient (Wildman–Crippen LogP) is 3.77. The molecule has 4 rings (SSSR count). The summed E-state index contributed by atoms with van der Waals surface area (Å²) in [5.41, 5.74) is 1.84. The summed E-state index contributed by atoms with van der Waals surface area (Å²) in [7, 11) is -2.90. The summed E-state index contributed by atoms with van der Waals surface area (Å²) >= 11 is 2.93. The first-order valence-corrected chi connectivity index (χ1v) is 11.9. The first-order valence-electron chi connectivity index (χ1n) is 8.54. The van der Waals surface area contributed by atoms with Gasteiger partial charge in [0.05, 0.1) is 10.3 Å². The van der Waals surface area contributed by atoms with Crippen molar-refractivity contribution in [1.29, 1.82) is 0 Å². The van der Waals surface area contributed by atoms with Crippen LogP contribution in [0.25, 0.3) is 10.2 Å². The van der Waals surface area contributed by atoms with Gasteiger partial charge in [0.2, 0.25) is 9.84 Å². The number of alkyl halides is 2. The topological polar surface area (TPSA) is 69.0 Å². The third-order valence-corrected chi connectivity index (χ3v) is 8.44. The summed E-state index contributed by atoms with van der Waals surface area (Å²) in [4.78, 5) is 19.0. The van der Waals surface area contributed by atoms with E-state index in [1.165, 1.54) is 45.5 Å². The third-order valence-electron chi connectivity index (χ3n) is 4.76. The lowest BCUT2D eigenvalue weighted by molar-refractivity contribution is 0.234. The molecular formula is C18H16F2N2O3S3. The average Bonchev–Trinajstić information content (AvgIpc) is 3.24. The van der Waals surface area contributed by atoms with Crippen molar-refractivity contribution in [2.75, 3.05) is 0 Å². The fraction of sp³-hybridized carbons (Fsp3) is 0.333. The Kier molecular flexibility index (Phi) is 5.05. The quantitative estimate of drug-likeness (QED) is 0.444. The van der Waals surface area contributed by atoms with E-state index in [9.17, 15) is 22.0 Å². The minimum absolute atomic E-state index is 0.0507. The summed E-state index contributed by atoms with van der Waals surface area (Å²) in [6.07, 6.45) is 3.00. The Balaban J connectivity index is 1.58. The molecule has 148 valence electrons. The highest BCUT2D eigenvalue weighted by atomic mass is 32.2. The van der Waals surface area contributed by atoms with E-state index in [1.54, 1.807) is 18.4 Å². The molecule has 1 aliphatic carbocycles. The van der Waals surface area contributed by atoms with Crippen LogP contribution in [0.3, 0.4) is 0 Å². The summed E-state index contributed by atoms with van der Waals surface area (Å²) in [6.45, 7) is 0. The molecule has 28 heavy (non-hydrogen) atoms. The van der Waals surface area contributed by atoms with Gasteiger partial charge in [0.15, 0.2) is 5.16 Å². The van der Waals surface area contributed by atoms with Gasteiger partial charge in [-0.1, -0.05) is 23.9 Å². The fourth-order valence-corrected chi connectivity index (χ4v) is 6.21. The molecule has 0 unspecified atom stereocenters. The van der Waals surface area contributed by atoms with Crippen LogP contribution in [0.4, 0.5) is 8.78 Å². The zero-order valence-electron chi connectivity index (χ0n) is 14.8. The number of thioether (sulfide) groups is 1. The van der Waals surface area contributed by atoms with E-state index >= 15 is 0 Å². The van der Waals surface area contributed by atoms with E-state index in [4.69, 9.17) is 0 Å². The number of hydrogen-bond acceptors (Lipinski definition) is 6. The number of fused-ring (bicyclic) bond motifs is 3. The summed E-state index contributed by atoms with van der Waals surface area (Å²) in [6, 6.07) is 5.35. The van der Waals surface area contributed by atoms with Gasteiger partial charge in [0.25, 0.3) is 5.56 Å². The molecule has 0 atom stereocenters. The Morgan fingerprint density at radius 1 is 1.25 bits per heavy atom. The Morgan fingerprint density at radius 3 is 2.64 bits per heavy atom. The van der Waals surface area contributed by atoms with Gasteiger partial charge in [-0.2, -0.15) is 8.78 Å². The molecule has 0 spiro atoms. The molecule has 0 N–H and O–H groups in total. The van der Waals surface area contributed by atoms with Gasteiger partial charge in [0, 0.05) is 17.7 Å². The number of nitrogens with zero attached hydrogens (tertiary/aromatic N) is 2. The van der Waals surface area contributed by atoms with Crippen molar-refractivity contribution in [3.63, 3.8) is 0 Å². The number of thiophene rings is 1. The Labute approximate surface area is 168 Å². The number of aryl methyl sites for hydroxylation is 2. The second-order valence-corrected chi connectivity index (χ2v) is 10.5. The molecule has 0 radical (unpaired) electrons. The number of aromatic nitrogens is 2. The zero-order chi connectivity index (χ0) is 20.1. The maximum absolute atomic E-state index is 12.8. The van der Waals surface area contributed by atoms with E-state index < -0.39 is 20.5 Å². The highest BCUT2D eigenvalue weighted by molar-refractivity contribution is 7.98. The monoisotopic (exact) mass is 442 g/mol. The van der Waals surface area contributed by atoms with Gasteiger partial charge >= 0.3 is 5.76 Å². The molecule has 0 bridgehead atoms. The molecular weight excluding hydrogens is 426 g/mol. The SMILES string of the molecule is Cn1c(SCc2ccc(S(=O)(=O)C(F)F)cc2)nc2sc3c(c2c1=O)CCC3. The largest absolute Gasteiger partial charge is 0.341 e. The van der Waals surface area contributed by atoms with E-state index in [0.717, 1.165) is 40.6 Å². The van der Waals surface area contributed by atoms with Gasteiger partial charge in [-0.25, -0.2) is 13.4 Å². The second kappa shape index (κ2) is 7.23. The molecule has 5 nitrogen and oxygen atoms in total. The molecule has 0 aliphatic heterocycles. The molecule has 1 aliphatic rings. The molecule has 0 saturated carbocycles. The lowest BCUT2D eigenvalue weighted by Crippen LogP contribution is -2.20. The minimum Gasteiger partial charge on any atom is -0.290 e. The predicted molar refractivity (Wildman–Crippen MR) is 106 cm³/mol. The van der Waals surface area contributed by atoms with Crippen molar-refractivity contribution >= 4 is 43.2 Å². The number of halogens is 2. The summed E-state index contributed by atoms with van der Waals surface area (Å²) < 4.78 is 49.7. The van der Waals surface area contributed by atoms with Crippen LogP contribution >= 0.6 is 23.1 Å². The van der Waals surface area contributed by atoms with Crippen molar-refractivity contribution in [2.45, 2.75) is 40.8 Å². The molecule has 1 aromatic carbocycles. The van der Waals surface area contributed by atoms with Gasteiger partial charge in [-0.05, 0) is 42.5 Å². The summed E-state index contributed by atoms with van der Waals surface area (Å²) in [5.74, 6) is -3.00. The molecule has 3 aromatic rings. The van der Waals surface area contributed by atoms with Crippen LogP contribution < -0.4 is 5.56 Å². The maximum atomic E-state index is 12.8. The molecule has 2 aromatic heterocycles. The van der Waals surface area contributed by atoms with E-state index in [2.05, 4.69) is 4.98 Å². The highest BCUT2D eigenvalue weighted by Crippen LogP contribution is 2.35. The van der Waals surface area contributed by atoms with Crippen LogP contribution in [0.2, 0.25) is 0 Å². The van der Waals surface area contributed by atoms with Crippen LogP contribution in [-0.2, 0) is 35.5 Å². The summed E-state index contributed by atoms with van der Waals surface area (Å²) in [5, 5.41) is 1.30. The van der Waals surface area contributed by atoms with Crippen LogP contribution in [-0.4, -0.2) is 23.7 Å². The second-order valence-electron chi connectivity index (χ2n) is 6.53. The van der Waals surface area contributed by atoms with Crippen LogP contribution in [0, 0.1) is 0 Å². The van der Waals surface area contributed by atoms with E-state index in [-0.39, 0.29) is 5.56 Å². The van der Waals surface area contributed by atoms with Crippen molar-refractivity contribution < 1.29 is 17.2 Å². The van der Waals surface area contributed by atoms with Crippen LogP contribution in [0.5, 0.6) is 0 Å². The first-order chi connectivity index (χ1) is 13.3. The van der Waals surface area contributed by atoms with E-state index in [1.807, 2.05) is 0 Å². The minimum atomic E-state index is -4.59. The smallest absolute Gasteiger partial charge is 0.290 e. The normalized spacial score (nSPS) is 14.1. The maximum Gasteiger partial charge on any atom is 0.341 e. The molecule has 10 heteroatoms. The molecule has 0 fully saturated rings. The van der Waals surface area contributed by atoms with Crippen LogP contribution in [0.1, 0.15) is 22.4 Å². The standard InChI is InChI=1S/C18H16F2N2O3S3/c1-22-16(23)14-12-3-2-4-13(12)27-15(14)21-18(22)26-9-10-5-7-11(8-6-10)28(24,25)17(19)20/h5-8,17H,2-4,9H2,1H3. The van der Waals surface area contributed by atoms with E-state index in [0.29, 0.717) is 10.9 Å². The Bertz CT molecular complexity index is 1220. The number of sulfone groups is 1. The van der Waals surface area contributed by atoms with Gasteiger partial charge < -0.3 is 0 Å². The first kappa shape index (κ1) is 19.5. The van der Waals surface area contributed by atoms with Crippen molar-refractivity contribution in [3.8, 4) is 0 Å². The number of benzene rings is 1. The number of hydrogen-bond donors (Lipinski definition) is 0. The third kappa shape index (κ3) is 3.27. The molecule has 0 saturated heterocycles. The van der Waals surface area contributed by atoms with Gasteiger partial charge in [-0.3, -0.25) is 9.36 Å².